The number of aromatic nitrogens is 1. The fraction of sp³-hybridized carbons (Fsp3) is 0.222. The van der Waals surface area contributed by atoms with Crippen LogP contribution < -0.4 is 11.1 Å². The molecule has 0 bridgehead atoms. The second-order valence-electron chi connectivity index (χ2n) is 3.20. The SMILES string of the molecule is CC(Sc1ncccc1[N+](=O)[O-])C(=O)NC(N)=O. The Balaban J connectivity index is 2.81. The van der Waals surface area contributed by atoms with Gasteiger partial charge in [-0.3, -0.25) is 20.2 Å². The maximum atomic E-state index is 11.4. The monoisotopic (exact) mass is 270 g/mol. The highest BCUT2D eigenvalue weighted by Crippen LogP contribution is 2.29. The summed E-state index contributed by atoms with van der Waals surface area (Å²) in [7, 11) is 0. The fourth-order valence-electron chi connectivity index (χ4n) is 1.06. The van der Waals surface area contributed by atoms with Crippen molar-refractivity contribution in [2.24, 2.45) is 5.73 Å². The van der Waals surface area contributed by atoms with Crippen LogP contribution >= 0.6 is 11.8 Å². The molecule has 1 aromatic rings. The Labute approximate surface area is 106 Å². The normalized spacial score (nSPS) is 11.6. The van der Waals surface area contributed by atoms with Crippen molar-refractivity contribution in [3.63, 3.8) is 0 Å². The van der Waals surface area contributed by atoms with E-state index in [1.165, 1.54) is 25.3 Å². The van der Waals surface area contributed by atoms with E-state index >= 15 is 0 Å². The van der Waals surface area contributed by atoms with Crippen LogP contribution in [0.25, 0.3) is 0 Å². The molecule has 18 heavy (non-hydrogen) atoms. The number of thioether (sulfide) groups is 1. The van der Waals surface area contributed by atoms with E-state index in [0.717, 1.165) is 11.8 Å². The number of amides is 3. The number of hydrogen-bond acceptors (Lipinski definition) is 6. The first kappa shape index (κ1) is 13.9. The van der Waals surface area contributed by atoms with Gasteiger partial charge in [-0.1, -0.05) is 11.8 Å². The molecule has 1 heterocycles. The van der Waals surface area contributed by atoms with Crippen molar-refractivity contribution in [3.8, 4) is 0 Å². The number of imide groups is 1. The number of nitrogens with two attached hydrogens (primary N) is 1. The largest absolute Gasteiger partial charge is 0.351 e. The molecule has 0 fully saturated rings. The quantitative estimate of drug-likeness (QED) is 0.470. The molecule has 0 aromatic carbocycles. The Morgan fingerprint density at radius 2 is 2.28 bits per heavy atom. The van der Waals surface area contributed by atoms with Crippen molar-refractivity contribution in [1.29, 1.82) is 0 Å². The van der Waals surface area contributed by atoms with E-state index in [9.17, 15) is 19.7 Å². The second-order valence-corrected chi connectivity index (χ2v) is 4.53. The van der Waals surface area contributed by atoms with Gasteiger partial charge in [-0.15, -0.1) is 0 Å². The average Bonchev–Trinajstić information content (AvgIpc) is 2.28. The number of nitrogens with one attached hydrogen (secondary N) is 1. The van der Waals surface area contributed by atoms with E-state index in [2.05, 4.69) is 4.98 Å². The van der Waals surface area contributed by atoms with Gasteiger partial charge in [0.25, 0.3) is 0 Å². The molecule has 0 saturated heterocycles. The van der Waals surface area contributed by atoms with Gasteiger partial charge < -0.3 is 5.73 Å². The van der Waals surface area contributed by atoms with Gasteiger partial charge in [0.05, 0.1) is 10.2 Å². The molecule has 1 aromatic heterocycles. The summed E-state index contributed by atoms with van der Waals surface area (Å²) in [5.41, 5.74) is 4.61. The number of carbonyl (C=O) groups excluding carboxylic acids is 2. The van der Waals surface area contributed by atoms with Gasteiger partial charge in [0.1, 0.15) is 0 Å². The van der Waals surface area contributed by atoms with E-state index in [-0.39, 0.29) is 10.7 Å². The molecular weight excluding hydrogens is 260 g/mol. The highest BCUT2D eigenvalue weighted by molar-refractivity contribution is 8.00. The zero-order valence-electron chi connectivity index (χ0n) is 9.32. The van der Waals surface area contributed by atoms with Crippen LogP contribution in [0.5, 0.6) is 0 Å². The summed E-state index contributed by atoms with van der Waals surface area (Å²) in [5, 5.41) is 12.0. The van der Waals surface area contributed by atoms with Gasteiger partial charge in [-0.05, 0) is 13.0 Å². The van der Waals surface area contributed by atoms with E-state index in [0.29, 0.717) is 0 Å². The molecule has 0 aliphatic rings. The molecule has 0 saturated carbocycles. The van der Waals surface area contributed by atoms with Gasteiger partial charge in [0.2, 0.25) is 5.91 Å². The molecule has 8 nitrogen and oxygen atoms in total. The van der Waals surface area contributed by atoms with Crippen molar-refractivity contribution in [1.82, 2.24) is 10.3 Å². The second kappa shape index (κ2) is 5.96. The number of nitro groups is 1. The maximum absolute atomic E-state index is 11.4. The van der Waals surface area contributed by atoms with Crippen molar-refractivity contribution in [2.75, 3.05) is 0 Å². The minimum Gasteiger partial charge on any atom is -0.351 e. The van der Waals surface area contributed by atoms with Crippen LogP contribution in [0.3, 0.4) is 0 Å². The summed E-state index contributed by atoms with van der Waals surface area (Å²) < 4.78 is 0. The minimum absolute atomic E-state index is 0.106. The lowest BCUT2D eigenvalue weighted by atomic mass is 10.4. The third-order valence-electron chi connectivity index (χ3n) is 1.85. The number of hydrogen-bond donors (Lipinski definition) is 2. The molecule has 0 aliphatic carbocycles. The van der Waals surface area contributed by atoms with Crippen LogP contribution in [-0.2, 0) is 4.79 Å². The van der Waals surface area contributed by atoms with Gasteiger partial charge in [0, 0.05) is 12.3 Å². The highest BCUT2D eigenvalue weighted by atomic mass is 32.2. The standard InChI is InChI=1S/C9H10N4O4S/c1-5(7(14)12-9(10)15)18-8-6(13(16)17)3-2-4-11-8/h2-5H,1H3,(H3,10,12,14,15). The van der Waals surface area contributed by atoms with E-state index in [1.54, 1.807) is 0 Å². The van der Waals surface area contributed by atoms with Crippen LogP contribution in [0, 0.1) is 10.1 Å². The number of pyridine rings is 1. The average molecular weight is 270 g/mol. The number of rotatable bonds is 4. The molecule has 9 heteroatoms. The summed E-state index contributed by atoms with van der Waals surface area (Å²) in [6.07, 6.45) is 1.38. The van der Waals surface area contributed by atoms with E-state index < -0.39 is 22.1 Å². The molecule has 0 radical (unpaired) electrons. The van der Waals surface area contributed by atoms with Crippen LogP contribution in [0.15, 0.2) is 23.4 Å². The Bertz CT molecular complexity index is 493. The number of primary amides is 1. The summed E-state index contributed by atoms with van der Waals surface area (Å²) in [5.74, 6) is -0.632. The molecule has 0 aliphatic heterocycles. The molecule has 96 valence electrons. The lowest BCUT2D eigenvalue weighted by Crippen LogP contribution is -2.39. The number of nitrogens with zero attached hydrogens (tertiary/aromatic N) is 2. The van der Waals surface area contributed by atoms with Crippen molar-refractivity contribution >= 4 is 29.4 Å². The first-order valence-corrected chi connectivity index (χ1v) is 5.66. The summed E-state index contributed by atoms with van der Waals surface area (Å²) in [6.45, 7) is 1.49. The zero-order chi connectivity index (χ0) is 13.7. The van der Waals surface area contributed by atoms with Gasteiger partial charge >= 0.3 is 11.7 Å². The van der Waals surface area contributed by atoms with Gasteiger partial charge in [-0.25, -0.2) is 9.78 Å². The first-order valence-electron chi connectivity index (χ1n) is 4.78. The molecule has 3 N–H and O–H groups in total. The maximum Gasteiger partial charge on any atom is 0.318 e. The van der Waals surface area contributed by atoms with Crippen molar-refractivity contribution < 1.29 is 14.5 Å². The van der Waals surface area contributed by atoms with E-state index in [4.69, 9.17) is 5.73 Å². The lowest BCUT2D eigenvalue weighted by Gasteiger charge is -2.09. The zero-order valence-corrected chi connectivity index (χ0v) is 10.1. The predicted octanol–water partition coefficient (Wildman–Crippen LogP) is 0.665. The van der Waals surface area contributed by atoms with Crippen molar-refractivity contribution in [2.45, 2.75) is 17.2 Å². The van der Waals surface area contributed by atoms with Crippen LogP contribution in [0.2, 0.25) is 0 Å². The Kier molecular flexibility index (Phi) is 4.60. The Morgan fingerprint density at radius 3 is 2.83 bits per heavy atom. The molecular formula is C9H10N4O4S. The predicted molar refractivity (Wildman–Crippen MR) is 63.9 cm³/mol. The smallest absolute Gasteiger partial charge is 0.318 e. The number of carbonyl (C=O) groups is 2. The van der Waals surface area contributed by atoms with Crippen LogP contribution in [0.1, 0.15) is 6.92 Å². The van der Waals surface area contributed by atoms with Gasteiger partial charge in [0.15, 0.2) is 5.03 Å². The molecule has 1 unspecified atom stereocenters. The Morgan fingerprint density at radius 1 is 1.61 bits per heavy atom. The molecule has 3 amide bonds. The molecule has 1 atom stereocenters. The van der Waals surface area contributed by atoms with Crippen LogP contribution in [-0.4, -0.2) is 27.1 Å². The molecule has 0 spiro atoms. The van der Waals surface area contributed by atoms with Crippen LogP contribution in [0.4, 0.5) is 10.5 Å². The number of urea groups is 1. The summed E-state index contributed by atoms with van der Waals surface area (Å²) in [4.78, 5) is 35.9. The Hall–Kier alpha value is -2.16. The first-order chi connectivity index (χ1) is 8.41. The minimum atomic E-state index is -0.969. The highest BCUT2D eigenvalue weighted by Gasteiger charge is 2.22. The van der Waals surface area contributed by atoms with E-state index in [1.807, 2.05) is 5.32 Å². The third-order valence-corrected chi connectivity index (χ3v) is 2.96. The topological polar surface area (TPSA) is 128 Å². The molecule has 1 rings (SSSR count). The summed E-state index contributed by atoms with van der Waals surface area (Å²) >= 11 is 0.876. The lowest BCUT2D eigenvalue weighted by molar-refractivity contribution is -0.388. The fourth-order valence-corrected chi connectivity index (χ4v) is 1.94. The third kappa shape index (κ3) is 3.70. The van der Waals surface area contributed by atoms with Crippen molar-refractivity contribution in [3.05, 3.63) is 28.4 Å². The summed E-state index contributed by atoms with van der Waals surface area (Å²) in [6, 6.07) is 1.74. The van der Waals surface area contributed by atoms with Gasteiger partial charge in [-0.2, -0.15) is 0 Å².